The summed E-state index contributed by atoms with van der Waals surface area (Å²) in [7, 11) is -2.64. The molecule has 72 heavy (non-hydrogen) atoms. The van der Waals surface area contributed by atoms with Crippen molar-refractivity contribution in [2.24, 2.45) is 0 Å². The standard InChI is InChI=1S/C68H85NS3/c1-9-13-17-21-25-50-29-37-54(38-30-50)67(55-39-31-51(32-40-55)26-22-18-14-10-2)60-47-59-61(46-58(60)65-62(67)45-49(5)70-65)68(63-48-64(71-66(59)63)72(6,7,8)69,56-41-33-52(34-42-56)27-23-19-15-11-3)57-43-35-53(36-44-57)28-24-20-16-12-4/h29-48,69H,9-28H2,1-8H3. The van der Waals surface area contributed by atoms with E-state index in [9.17, 15) is 4.78 Å². The van der Waals surface area contributed by atoms with Crippen LogP contribution in [0.4, 0.5) is 0 Å². The van der Waals surface area contributed by atoms with Crippen LogP contribution in [0.1, 0.15) is 202 Å². The molecule has 2 aliphatic rings. The summed E-state index contributed by atoms with van der Waals surface area (Å²) < 4.78 is 11.2. The first-order valence-electron chi connectivity index (χ1n) is 28.3. The average molecular weight is 1010 g/mol. The topological polar surface area (TPSA) is 23.9 Å². The van der Waals surface area contributed by atoms with Gasteiger partial charge in [0.15, 0.2) is 0 Å². The molecule has 2 aliphatic carbocycles. The van der Waals surface area contributed by atoms with Gasteiger partial charge in [0.1, 0.15) is 0 Å². The van der Waals surface area contributed by atoms with Crippen molar-refractivity contribution in [1.82, 2.24) is 0 Å². The summed E-state index contributed by atoms with van der Waals surface area (Å²) in [6.07, 6.45) is 31.5. The van der Waals surface area contributed by atoms with Crippen LogP contribution in [0.5, 0.6) is 0 Å². The molecular weight excluding hydrogens is 927 g/mol. The van der Waals surface area contributed by atoms with Crippen LogP contribution in [0.3, 0.4) is 0 Å². The van der Waals surface area contributed by atoms with Gasteiger partial charge in [0.05, 0.1) is 15.0 Å². The predicted octanol–water partition coefficient (Wildman–Crippen LogP) is 20.0. The number of rotatable bonds is 25. The van der Waals surface area contributed by atoms with E-state index < -0.39 is 19.8 Å². The van der Waals surface area contributed by atoms with Crippen LogP contribution >= 0.6 is 22.7 Å². The minimum Gasteiger partial charge on any atom is -0.294 e. The number of hydrogen-bond acceptors (Lipinski definition) is 3. The molecule has 2 aromatic heterocycles. The molecule has 5 aromatic carbocycles. The zero-order chi connectivity index (χ0) is 50.5. The third-order valence-corrected chi connectivity index (χ3v) is 21.9. The maximum atomic E-state index is 9.98. The molecule has 2 heterocycles. The van der Waals surface area contributed by atoms with E-state index in [-0.39, 0.29) is 0 Å². The molecular formula is C68H85NS3. The Morgan fingerprint density at radius 1 is 0.375 bits per heavy atom. The molecule has 0 amide bonds. The van der Waals surface area contributed by atoms with E-state index in [2.05, 4.69) is 175 Å². The highest BCUT2D eigenvalue weighted by molar-refractivity contribution is 8.20. The van der Waals surface area contributed by atoms with E-state index in [1.165, 1.54) is 199 Å². The number of hydrogen-bond donors (Lipinski definition) is 1. The van der Waals surface area contributed by atoms with Gasteiger partial charge in [0.25, 0.3) is 0 Å². The monoisotopic (exact) mass is 1010 g/mol. The fraction of sp³-hybridized carbons (Fsp3) is 0.441. The molecule has 7 aromatic rings. The molecule has 380 valence electrons. The van der Waals surface area contributed by atoms with Gasteiger partial charge in [-0.1, -0.05) is 202 Å². The van der Waals surface area contributed by atoms with Crippen LogP contribution in [0.25, 0.3) is 20.9 Å². The first-order chi connectivity index (χ1) is 34.8. The average Bonchev–Trinajstić information content (AvgIpc) is 4.13. The Labute approximate surface area is 444 Å². The highest BCUT2D eigenvalue weighted by Gasteiger charge is 2.53. The lowest BCUT2D eigenvalue weighted by Gasteiger charge is -2.36. The molecule has 0 spiro atoms. The Morgan fingerprint density at radius 2 is 0.681 bits per heavy atom. The highest BCUT2D eigenvalue weighted by atomic mass is 32.3. The number of aryl methyl sites for hydroxylation is 5. The summed E-state index contributed by atoms with van der Waals surface area (Å²) in [6, 6.07) is 49.9. The fourth-order valence-electron chi connectivity index (χ4n) is 12.4. The second kappa shape index (κ2) is 22.2. The van der Waals surface area contributed by atoms with Gasteiger partial charge >= 0.3 is 0 Å². The first-order valence-corrected chi connectivity index (χ1v) is 33.2. The van der Waals surface area contributed by atoms with Gasteiger partial charge in [0.2, 0.25) is 0 Å². The van der Waals surface area contributed by atoms with Gasteiger partial charge in [-0.05, 0) is 179 Å². The van der Waals surface area contributed by atoms with E-state index in [4.69, 9.17) is 0 Å². The fourth-order valence-corrected chi connectivity index (χ4v) is 16.4. The number of nitrogens with one attached hydrogen (secondary N) is 1. The van der Waals surface area contributed by atoms with Crippen molar-refractivity contribution in [3.05, 3.63) is 193 Å². The van der Waals surface area contributed by atoms with Crippen LogP contribution < -0.4 is 0 Å². The maximum absolute atomic E-state index is 9.98. The zero-order valence-corrected chi connectivity index (χ0v) is 47.9. The van der Waals surface area contributed by atoms with Gasteiger partial charge in [-0.2, -0.15) is 8.96 Å². The Balaban J connectivity index is 1.29. The van der Waals surface area contributed by atoms with E-state index in [1.807, 2.05) is 22.7 Å². The second-order valence-electron chi connectivity index (χ2n) is 22.9. The Hall–Kier alpha value is -4.35. The Kier molecular flexibility index (Phi) is 16.2. The molecule has 0 atom stereocenters. The minimum absolute atomic E-state index is 0.482. The van der Waals surface area contributed by atoms with Gasteiger partial charge in [-0.25, -0.2) is 0 Å². The first kappa shape index (κ1) is 52.5. The SMILES string of the molecule is CCCCCCc1ccc(C2(c3ccc(CCCCCC)cc3)c3cc4c(cc3-c3sc(C)cc32)C(c2ccc(CCCCCC)cc2)(c2ccc(CCCCCC)cc2)c2cc(S(C)(C)(C)=N)sc2-4)cc1. The van der Waals surface area contributed by atoms with Crippen LogP contribution in [-0.4, -0.2) is 18.8 Å². The molecule has 1 nitrogen and oxygen atoms in total. The molecule has 0 saturated heterocycles. The van der Waals surface area contributed by atoms with Gasteiger partial charge < -0.3 is 0 Å². The van der Waals surface area contributed by atoms with Crippen molar-refractivity contribution < 1.29 is 0 Å². The highest BCUT2D eigenvalue weighted by Crippen LogP contribution is 2.65. The molecule has 0 aliphatic heterocycles. The maximum Gasteiger partial charge on any atom is 0.0722 e. The second-order valence-corrected chi connectivity index (χ2v) is 31.0. The third kappa shape index (κ3) is 10.2. The van der Waals surface area contributed by atoms with Crippen LogP contribution in [-0.2, 0) is 45.5 Å². The molecule has 1 N–H and O–H groups in total. The lowest BCUT2D eigenvalue weighted by Crippen LogP contribution is -2.30. The summed E-state index contributed by atoms with van der Waals surface area (Å²) in [5, 5.41) is 0. The van der Waals surface area contributed by atoms with E-state index >= 15 is 0 Å². The molecule has 9 rings (SSSR count). The number of unbranched alkanes of at least 4 members (excludes halogenated alkanes) is 12. The van der Waals surface area contributed by atoms with Crippen LogP contribution in [0.15, 0.2) is 126 Å². The van der Waals surface area contributed by atoms with E-state index in [0.717, 1.165) is 25.7 Å². The summed E-state index contributed by atoms with van der Waals surface area (Å²) in [5.74, 6) is 0. The van der Waals surface area contributed by atoms with Crippen molar-refractivity contribution >= 4 is 31.6 Å². The minimum atomic E-state index is -2.64. The molecule has 4 heteroatoms. The van der Waals surface area contributed by atoms with E-state index in [0.29, 0.717) is 0 Å². The zero-order valence-electron chi connectivity index (χ0n) is 45.4. The van der Waals surface area contributed by atoms with Crippen molar-refractivity contribution in [3.63, 3.8) is 0 Å². The van der Waals surface area contributed by atoms with E-state index in [1.54, 1.807) is 0 Å². The largest absolute Gasteiger partial charge is 0.294 e. The molecule has 0 fully saturated rings. The van der Waals surface area contributed by atoms with Crippen molar-refractivity contribution in [2.75, 3.05) is 18.8 Å². The van der Waals surface area contributed by atoms with Crippen molar-refractivity contribution in [2.45, 2.75) is 178 Å². The number of fused-ring (bicyclic) bond motifs is 6. The van der Waals surface area contributed by atoms with Crippen molar-refractivity contribution in [3.8, 4) is 20.9 Å². The smallest absolute Gasteiger partial charge is 0.0722 e. The summed E-state index contributed by atoms with van der Waals surface area (Å²) in [6.45, 7) is 11.5. The number of thiophene rings is 2. The third-order valence-electron chi connectivity index (χ3n) is 16.4. The summed E-state index contributed by atoms with van der Waals surface area (Å²) in [4.78, 5) is 4.13. The van der Waals surface area contributed by atoms with Gasteiger partial charge in [-0.15, -0.1) is 22.7 Å². The summed E-state index contributed by atoms with van der Waals surface area (Å²) in [5.41, 5.74) is 18.4. The Morgan fingerprint density at radius 3 is 0.986 bits per heavy atom. The Bertz CT molecular complexity index is 2870. The van der Waals surface area contributed by atoms with Gasteiger partial charge in [-0.3, -0.25) is 4.78 Å². The summed E-state index contributed by atoms with van der Waals surface area (Å²) >= 11 is 3.90. The van der Waals surface area contributed by atoms with Crippen LogP contribution in [0, 0.1) is 11.7 Å². The van der Waals surface area contributed by atoms with Gasteiger partial charge in [0, 0.05) is 14.6 Å². The molecule has 0 radical (unpaired) electrons. The number of benzene rings is 5. The van der Waals surface area contributed by atoms with Crippen LogP contribution in [0.2, 0.25) is 0 Å². The molecule has 0 unspecified atom stereocenters. The van der Waals surface area contributed by atoms with Crippen molar-refractivity contribution in [1.29, 1.82) is 4.78 Å². The molecule has 0 saturated carbocycles. The quantitative estimate of drug-likeness (QED) is 0.0552. The normalized spacial score (nSPS) is 14.7. The predicted molar refractivity (Wildman–Crippen MR) is 319 cm³/mol. The lowest BCUT2D eigenvalue weighted by molar-refractivity contribution is 0.666. The lowest BCUT2D eigenvalue weighted by atomic mass is 9.65. The molecule has 0 bridgehead atoms.